The summed E-state index contributed by atoms with van der Waals surface area (Å²) in [6.45, 7) is 4.55. The summed E-state index contributed by atoms with van der Waals surface area (Å²) in [5.74, 6) is 0.760. The highest BCUT2D eigenvalue weighted by Gasteiger charge is 2.06. The lowest BCUT2D eigenvalue weighted by Crippen LogP contribution is -2.18. The molecule has 0 unspecified atom stereocenters. The van der Waals surface area contributed by atoms with Crippen LogP contribution >= 0.6 is 15.9 Å². The summed E-state index contributed by atoms with van der Waals surface area (Å²) in [5.41, 5.74) is 1.04. The zero-order valence-corrected chi connectivity index (χ0v) is 12.5. The standard InChI is InChI=1S/C14H17BrFN3/c1-2-5-17-9-14-18-6-7-19(14)10-11-3-4-12(16)8-13(11)15/h3-4,6-8,17H,2,5,9-10H2,1H3. The van der Waals surface area contributed by atoms with Gasteiger partial charge < -0.3 is 9.88 Å². The van der Waals surface area contributed by atoms with Crippen molar-refractivity contribution in [2.75, 3.05) is 6.54 Å². The summed E-state index contributed by atoms with van der Waals surface area (Å²) in [7, 11) is 0. The predicted octanol–water partition coefficient (Wildman–Crippen LogP) is 3.33. The molecule has 1 aromatic carbocycles. The summed E-state index contributed by atoms with van der Waals surface area (Å²) in [6, 6.07) is 4.76. The third-order valence-corrected chi connectivity index (χ3v) is 3.61. The van der Waals surface area contributed by atoms with Crippen LogP contribution < -0.4 is 5.32 Å². The Hall–Kier alpha value is -1.20. The molecule has 0 atom stereocenters. The first-order valence-electron chi connectivity index (χ1n) is 6.35. The molecule has 3 nitrogen and oxygen atoms in total. The number of hydrogen-bond acceptors (Lipinski definition) is 2. The van der Waals surface area contributed by atoms with Crippen molar-refractivity contribution in [2.45, 2.75) is 26.4 Å². The van der Waals surface area contributed by atoms with E-state index in [2.05, 4.69) is 37.7 Å². The van der Waals surface area contributed by atoms with Crippen molar-refractivity contribution in [2.24, 2.45) is 0 Å². The van der Waals surface area contributed by atoms with Gasteiger partial charge in [-0.05, 0) is 30.7 Å². The van der Waals surface area contributed by atoms with Crippen LogP contribution in [-0.2, 0) is 13.1 Å². The van der Waals surface area contributed by atoms with Crippen molar-refractivity contribution >= 4 is 15.9 Å². The van der Waals surface area contributed by atoms with Crippen molar-refractivity contribution in [3.05, 3.63) is 52.3 Å². The van der Waals surface area contributed by atoms with Crippen LogP contribution in [0.1, 0.15) is 24.7 Å². The molecule has 19 heavy (non-hydrogen) atoms. The monoisotopic (exact) mass is 325 g/mol. The summed E-state index contributed by atoms with van der Waals surface area (Å²) in [5, 5.41) is 3.33. The van der Waals surface area contributed by atoms with Crippen LogP contribution in [0.4, 0.5) is 4.39 Å². The maximum Gasteiger partial charge on any atom is 0.124 e. The highest BCUT2D eigenvalue weighted by atomic mass is 79.9. The minimum absolute atomic E-state index is 0.230. The average Bonchev–Trinajstić information content (AvgIpc) is 2.81. The lowest BCUT2D eigenvalue weighted by atomic mass is 10.2. The Bertz CT molecular complexity index is 539. The predicted molar refractivity (Wildman–Crippen MR) is 77.4 cm³/mol. The van der Waals surface area contributed by atoms with Crippen LogP contribution in [0, 0.1) is 5.82 Å². The molecule has 2 rings (SSSR count). The zero-order valence-electron chi connectivity index (χ0n) is 10.9. The van der Waals surface area contributed by atoms with Gasteiger partial charge in [0.05, 0.1) is 6.54 Å². The summed E-state index contributed by atoms with van der Waals surface area (Å²) < 4.78 is 15.9. The van der Waals surface area contributed by atoms with E-state index in [1.165, 1.54) is 12.1 Å². The Kier molecular flexibility index (Phi) is 5.10. The fourth-order valence-electron chi connectivity index (χ4n) is 1.86. The van der Waals surface area contributed by atoms with Crippen molar-refractivity contribution in [1.29, 1.82) is 0 Å². The van der Waals surface area contributed by atoms with E-state index in [1.54, 1.807) is 12.3 Å². The average molecular weight is 326 g/mol. The minimum Gasteiger partial charge on any atom is -0.329 e. The number of aromatic nitrogens is 2. The maximum absolute atomic E-state index is 13.1. The van der Waals surface area contributed by atoms with Crippen LogP contribution in [0.5, 0.6) is 0 Å². The van der Waals surface area contributed by atoms with Gasteiger partial charge in [-0.2, -0.15) is 0 Å². The largest absolute Gasteiger partial charge is 0.329 e. The first-order valence-corrected chi connectivity index (χ1v) is 7.14. The molecule has 0 aliphatic carbocycles. The Labute approximate surface area is 121 Å². The van der Waals surface area contributed by atoms with Crippen LogP contribution in [0.25, 0.3) is 0 Å². The molecule has 1 N–H and O–H groups in total. The van der Waals surface area contributed by atoms with E-state index in [9.17, 15) is 4.39 Å². The van der Waals surface area contributed by atoms with E-state index in [0.717, 1.165) is 35.4 Å². The second-order valence-electron chi connectivity index (χ2n) is 4.38. The van der Waals surface area contributed by atoms with E-state index in [-0.39, 0.29) is 5.82 Å². The van der Waals surface area contributed by atoms with Gasteiger partial charge in [0.2, 0.25) is 0 Å². The summed E-state index contributed by atoms with van der Waals surface area (Å²) >= 11 is 3.39. The molecule has 0 amide bonds. The van der Waals surface area contributed by atoms with Crippen LogP contribution in [0.3, 0.4) is 0 Å². The third kappa shape index (κ3) is 3.88. The van der Waals surface area contributed by atoms with Crippen molar-refractivity contribution in [3.63, 3.8) is 0 Å². The Morgan fingerprint density at radius 3 is 3.00 bits per heavy atom. The summed E-state index contributed by atoms with van der Waals surface area (Å²) in [4.78, 5) is 4.34. The van der Waals surface area contributed by atoms with Gasteiger partial charge in [0.15, 0.2) is 0 Å². The van der Waals surface area contributed by atoms with Crippen molar-refractivity contribution in [1.82, 2.24) is 14.9 Å². The number of benzene rings is 1. The number of nitrogens with zero attached hydrogens (tertiary/aromatic N) is 2. The van der Waals surface area contributed by atoms with Crippen LogP contribution in [0.2, 0.25) is 0 Å². The molecule has 0 radical (unpaired) electrons. The molecule has 1 heterocycles. The Morgan fingerprint density at radius 1 is 1.42 bits per heavy atom. The van der Waals surface area contributed by atoms with Gasteiger partial charge in [-0.3, -0.25) is 0 Å². The molecule has 2 aromatic rings. The molecule has 0 saturated carbocycles. The highest BCUT2D eigenvalue weighted by molar-refractivity contribution is 9.10. The van der Waals surface area contributed by atoms with Gasteiger partial charge >= 0.3 is 0 Å². The SMILES string of the molecule is CCCNCc1nccn1Cc1ccc(F)cc1Br. The van der Waals surface area contributed by atoms with E-state index in [1.807, 2.05) is 6.20 Å². The van der Waals surface area contributed by atoms with Gasteiger partial charge in [0.25, 0.3) is 0 Å². The molecule has 5 heteroatoms. The van der Waals surface area contributed by atoms with Gasteiger partial charge in [-0.1, -0.05) is 28.9 Å². The van der Waals surface area contributed by atoms with E-state index in [0.29, 0.717) is 6.54 Å². The molecule has 1 aromatic heterocycles. The van der Waals surface area contributed by atoms with Gasteiger partial charge in [0, 0.05) is 23.4 Å². The lowest BCUT2D eigenvalue weighted by molar-refractivity contribution is 0.611. The molecular weight excluding hydrogens is 309 g/mol. The topological polar surface area (TPSA) is 29.9 Å². The van der Waals surface area contributed by atoms with Crippen molar-refractivity contribution < 1.29 is 4.39 Å². The molecule has 0 saturated heterocycles. The second kappa shape index (κ2) is 6.82. The van der Waals surface area contributed by atoms with Gasteiger partial charge in [-0.25, -0.2) is 9.37 Å². The fourth-order valence-corrected chi connectivity index (χ4v) is 2.34. The molecule has 0 aliphatic rings. The normalized spacial score (nSPS) is 10.9. The number of imidazole rings is 1. The lowest BCUT2D eigenvalue weighted by Gasteiger charge is -2.10. The smallest absolute Gasteiger partial charge is 0.124 e. The van der Waals surface area contributed by atoms with Crippen molar-refractivity contribution in [3.8, 4) is 0 Å². The Morgan fingerprint density at radius 2 is 2.26 bits per heavy atom. The highest BCUT2D eigenvalue weighted by Crippen LogP contribution is 2.19. The number of halogens is 2. The molecule has 0 aliphatic heterocycles. The quantitative estimate of drug-likeness (QED) is 0.825. The number of hydrogen-bond donors (Lipinski definition) is 1. The number of nitrogens with one attached hydrogen (secondary N) is 1. The third-order valence-electron chi connectivity index (χ3n) is 2.87. The van der Waals surface area contributed by atoms with Crippen LogP contribution in [-0.4, -0.2) is 16.1 Å². The fraction of sp³-hybridized carbons (Fsp3) is 0.357. The molecule has 0 bridgehead atoms. The first kappa shape index (κ1) is 14.2. The van der Waals surface area contributed by atoms with E-state index < -0.39 is 0 Å². The van der Waals surface area contributed by atoms with E-state index >= 15 is 0 Å². The molecule has 0 fully saturated rings. The van der Waals surface area contributed by atoms with Gasteiger partial charge in [-0.15, -0.1) is 0 Å². The summed E-state index contributed by atoms with van der Waals surface area (Å²) in [6.07, 6.45) is 4.84. The molecule has 0 spiro atoms. The second-order valence-corrected chi connectivity index (χ2v) is 5.24. The Balaban J connectivity index is 2.08. The molecule has 102 valence electrons. The first-order chi connectivity index (χ1) is 9.20. The maximum atomic E-state index is 13.1. The van der Waals surface area contributed by atoms with Crippen LogP contribution in [0.15, 0.2) is 35.1 Å². The van der Waals surface area contributed by atoms with E-state index in [4.69, 9.17) is 0 Å². The van der Waals surface area contributed by atoms with Gasteiger partial charge in [0.1, 0.15) is 11.6 Å². The zero-order chi connectivity index (χ0) is 13.7. The molecular formula is C14H17BrFN3. The minimum atomic E-state index is -0.230. The number of rotatable bonds is 6.